The Morgan fingerprint density at radius 3 is 2.88 bits per heavy atom. The van der Waals surface area contributed by atoms with E-state index in [1.54, 1.807) is 11.3 Å². The Hall–Kier alpha value is -2.70. The molecule has 2 fully saturated rings. The lowest BCUT2D eigenvalue weighted by atomic mass is 9.94. The fourth-order valence-corrected chi connectivity index (χ4v) is 6.93. The lowest BCUT2D eigenvalue weighted by Crippen LogP contribution is -2.32. The van der Waals surface area contributed by atoms with E-state index in [4.69, 9.17) is 5.73 Å². The molecule has 12 heteroatoms. The van der Waals surface area contributed by atoms with E-state index in [1.807, 2.05) is 0 Å². The second kappa shape index (κ2) is 7.92. The van der Waals surface area contributed by atoms with Crippen molar-refractivity contribution in [3.63, 3.8) is 0 Å². The van der Waals surface area contributed by atoms with Gasteiger partial charge in [0.05, 0.1) is 6.20 Å². The summed E-state index contributed by atoms with van der Waals surface area (Å²) in [4.78, 5) is 22.3. The van der Waals surface area contributed by atoms with Gasteiger partial charge in [0.25, 0.3) is 0 Å². The highest BCUT2D eigenvalue weighted by molar-refractivity contribution is 7.99. The second-order valence-electron chi connectivity index (χ2n) is 8.60. The summed E-state index contributed by atoms with van der Waals surface area (Å²) in [6, 6.07) is 5.02. The molecule has 0 amide bonds. The number of nitrogens with one attached hydrogen (secondary N) is 1. The number of anilines is 1. The Labute approximate surface area is 201 Å². The number of pyridine rings is 1. The highest BCUT2D eigenvalue weighted by Crippen LogP contribution is 2.63. The lowest BCUT2D eigenvalue weighted by Gasteiger charge is -2.25. The van der Waals surface area contributed by atoms with E-state index < -0.39 is 11.9 Å². The molecule has 0 spiro atoms. The van der Waals surface area contributed by atoms with Gasteiger partial charge >= 0.3 is 6.18 Å². The molecule has 1 aliphatic heterocycles. The van der Waals surface area contributed by atoms with Gasteiger partial charge < -0.3 is 15.6 Å². The van der Waals surface area contributed by atoms with E-state index in [-0.39, 0.29) is 10.3 Å². The normalized spacial score (nSPS) is 24.4. The predicted octanol–water partition coefficient (Wildman–Crippen LogP) is 4.33. The van der Waals surface area contributed by atoms with Crippen LogP contribution in [0.5, 0.6) is 0 Å². The maximum atomic E-state index is 13.3. The average Bonchev–Trinajstić information content (AvgIpc) is 3.18. The number of aromatic amines is 1. The van der Waals surface area contributed by atoms with Crippen molar-refractivity contribution in [2.24, 2.45) is 17.6 Å². The number of nitrogens with zero attached hydrogens (tertiary/aromatic N) is 5. The summed E-state index contributed by atoms with van der Waals surface area (Å²) >= 11 is 2.57. The monoisotopic (exact) mass is 503 g/mol. The van der Waals surface area contributed by atoms with Gasteiger partial charge in [0.2, 0.25) is 5.95 Å². The van der Waals surface area contributed by atoms with Crippen molar-refractivity contribution < 1.29 is 13.2 Å². The van der Waals surface area contributed by atoms with Crippen LogP contribution in [0.15, 0.2) is 51.3 Å². The molecule has 1 aliphatic carbocycles. The van der Waals surface area contributed by atoms with Crippen molar-refractivity contribution >= 4 is 40.3 Å². The molecule has 6 rings (SSSR count). The molecule has 5 heterocycles. The maximum Gasteiger partial charge on any atom is 0.434 e. The third-order valence-electron chi connectivity index (χ3n) is 6.95. The van der Waals surface area contributed by atoms with Crippen LogP contribution in [0.4, 0.5) is 19.1 Å². The Kier molecular flexibility index (Phi) is 5.08. The van der Waals surface area contributed by atoms with Crippen LogP contribution in [0.1, 0.15) is 17.7 Å². The first-order valence-corrected chi connectivity index (χ1v) is 12.6. The fraction of sp³-hybridized carbons (Fsp3) is 0.364. The molecule has 4 aromatic heterocycles. The Balaban J connectivity index is 1.23. The molecule has 176 valence electrons. The van der Waals surface area contributed by atoms with Crippen molar-refractivity contribution in [3.8, 4) is 0 Å². The summed E-state index contributed by atoms with van der Waals surface area (Å²) in [5, 5.41) is 4.63. The van der Waals surface area contributed by atoms with E-state index in [1.165, 1.54) is 23.9 Å². The number of rotatable bonds is 5. The minimum atomic E-state index is -4.54. The molecule has 0 aromatic carbocycles. The molecule has 3 unspecified atom stereocenters. The van der Waals surface area contributed by atoms with E-state index in [2.05, 4.69) is 46.6 Å². The molecule has 3 N–H and O–H groups in total. The molecule has 0 bridgehead atoms. The standard InChI is InChI=1S/C22H20F3N7S2/c23-22(24,25)17-15(2-1-5-27-17)34-16-8-28-18-19(29-16)31-20(30-18)32-6-3-13-14(9-32)21(13,11-26)12-4-7-33-10-12/h1-2,4-5,7-8,10,13-14H,3,6,9,11,26H2,(H,28,29,30,31). The third-order valence-corrected chi connectivity index (χ3v) is 8.59. The minimum Gasteiger partial charge on any atom is -0.342 e. The number of H-pyrrole nitrogens is 1. The molecule has 3 atom stereocenters. The average molecular weight is 504 g/mol. The number of fused-ring (bicyclic) bond motifs is 2. The zero-order valence-electron chi connectivity index (χ0n) is 17.8. The van der Waals surface area contributed by atoms with E-state index in [0.29, 0.717) is 40.6 Å². The van der Waals surface area contributed by atoms with Crippen LogP contribution in [0.3, 0.4) is 0 Å². The van der Waals surface area contributed by atoms with Crippen molar-refractivity contribution in [3.05, 3.63) is 52.6 Å². The Bertz CT molecular complexity index is 1340. The van der Waals surface area contributed by atoms with Gasteiger partial charge in [0, 0.05) is 36.1 Å². The quantitative estimate of drug-likeness (QED) is 0.418. The molecule has 0 radical (unpaired) electrons. The first-order chi connectivity index (χ1) is 16.4. The van der Waals surface area contributed by atoms with Crippen LogP contribution in [0.2, 0.25) is 0 Å². The van der Waals surface area contributed by atoms with Gasteiger partial charge in [-0.05, 0) is 52.8 Å². The smallest absolute Gasteiger partial charge is 0.342 e. The van der Waals surface area contributed by atoms with Crippen molar-refractivity contribution in [2.45, 2.75) is 27.9 Å². The van der Waals surface area contributed by atoms with Gasteiger partial charge in [-0.25, -0.2) is 9.97 Å². The van der Waals surface area contributed by atoms with Gasteiger partial charge in [0.15, 0.2) is 17.0 Å². The number of nitrogens with two attached hydrogens (primary N) is 1. The van der Waals surface area contributed by atoms with Gasteiger partial charge in [-0.1, -0.05) is 11.8 Å². The maximum absolute atomic E-state index is 13.3. The van der Waals surface area contributed by atoms with Crippen molar-refractivity contribution in [2.75, 3.05) is 24.5 Å². The first-order valence-electron chi connectivity index (χ1n) is 10.8. The predicted molar refractivity (Wildman–Crippen MR) is 124 cm³/mol. The van der Waals surface area contributed by atoms with Crippen molar-refractivity contribution in [1.82, 2.24) is 24.9 Å². The van der Waals surface area contributed by atoms with Crippen molar-refractivity contribution in [1.29, 1.82) is 0 Å². The zero-order valence-corrected chi connectivity index (χ0v) is 19.4. The van der Waals surface area contributed by atoms with Gasteiger partial charge in [0.1, 0.15) is 5.03 Å². The molecule has 4 aromatic rings. The number of piperidine rings is 1. The molecule has 34 heavy (non-hydrogen) atoms. The van der Waals surface area contributed by atoms with E-state index >= 15 is 0 Å². The minimum absolute atomic E-state index is 0.0261. The molecular weight excluding hydrogens is 483 g/mol. The molecule has 1 saturated heterocycles. The molecule has 2 aliphatic rings. The number of hydrogen-bond donors (Lipinski definition) is 2. The van der Waals surface area contributed by atoms with Crippen LogP contribution in [0, 0.1) is 11.8 Å². The summed E-state index contributed by atoms with van der Waals surface area (Å²) in [6.07, 6.45) is -0.941. The number of imidazole rings is 1. The summed E-state index contributed by atoms with van der Waals surface area (Å²) in [5.41, 5.74) is 7.56. The third kappa shape index (κ3) is 3.46. The summed E-state index contributed by atoms with van der Waals surface area (Å²) in [5.74, 6) is 1.72. The summed E-state index contributed by atoms with van der Waals surface area (Å²) in [6.45, 7) is 2.31. The van der Waals surface area contributed by atoms with Gasteiger partial charge in [-0.15, -0.1) is 0 Å². The van der Waals surface area contributed by atoms with Crippen LogP contribution in [0.25, 0.3) is 11.3 Å². The molecular formula is C22H20F3N7S2. The first kappa shape index (κ1) is 21.8. The number of aromatic nitrogens is 5. The highest BCUT2D eigenvalue weighted by Gasteiger charge is 2.65. The number of thiophene rings is 1. The number of alkyl halides is 3. The summed E-state index contributed by atoms with van der Waals surface area (Å²) in [7, 11) is 0. The highest BCUT2D eigenvalue weighted by atomic mass is 32.2. The molecule has 7 nitrogen and oxygen atoms in total. The second-order valence-corrected chi connectivity index (χ2v) is 10.4. The van der Waals surface area contributed by atoms with Crippen LogP contribution in [-0.4, -0.2) is 44.6 Å². The van der Waals surface area contributed by atoms with Gasteiger partial charge in [-0.2, -0.15) is 29.5 Å². The zero-order chi connectivity index (χ0) is 23.5. The van der Waals surface area contributed by atoms with Crippen LogP contribution in [-0.2, 0) is 11.6 Å². The van der Waals surface area contributed by atoms with E-state index in [0.717, 1.165) is 37.5 Å². The number of hydrogen-bond acceptors (Lipinski definition) is 8. The van der Waals surface area contributed by atoms with Gasteiger partial charge in [-0.3, -0.25) is 4.98 Å². The summed E-state index contributed by atoms with van der Waals surface area (Å²) < 4.78 is 39.8. The van der Waals surface area contributed by atoms with Crippen LogP contribution < -0.4 is 10.6 Å². The van der Waals surface area contributed by atoms with Crippen LogP contribution >= 0.6 is 23.1 Å². The fourth-order valence-electron chi connectivity index (χ4n) is 5.31. The lowest BCUT2D eigenvalue weighted by molar-refractivity contribution is -0.143. The van der Waals surface area contributed by atoms with E-state index in [9.17, 15) is 13.2 Å². The Morgan fingerprint density at radius 2 is 2.12 bits per heavy atom. The SMILES string of the molecule is NCC1(c2ccsc2)C2CCN(c3nc4nc(Sc5cccnc5C(F)(F)F)cnc4[nH]3)CC21. The largest absolute Gasteiger partial charge is 0.434 e. The Morgan fingerprint density at radius 1 is 1.24 bits per heavy atom. The topological polar surface area (TPSA) is 96.6 Å². The molecule has 1 saturated carbocycles. The number of halogens is 3.